The van der Waals surface area contributed by atoms with E-state index in [4.69, 9.17) is 4.84 Å². The van der Waals surface area contributed by atoms with Crippen LogP contribution in [-0.2, 0) is 4.84 Å². The Hall–Kier alpha value is -2.93. The van der Waals surface area contributed by atoms with Crippen LogP contribution >= 0.6 is 0 Å². The summed E-state index contributed by atoms with van der Waals surface area (Å²) in [5, 5.41) is 10.5. The zero-order chi connectivity index (χ0) is 17.1. The molecule has 0 radical (unpaired) electrons. The predicted molar refractivity (Wildman–Crippen MR) is 89.6 cm³/mol. The normalized spacial score (nSPS) is 10.8. The number of anilines is 2. The van der Waals surface area contributed by atoms with Crippen LogP contribution in [0.4, 0.5) is 15.8 Å². The number of aromatic amines is 1. The van der Waals surface area contributed by atoms with E-state index in [1.807, 2.05) is 6.92 Å². The number of nitrogens with zero attached hydrogens (tertiary/aromatic N) is 1. The zero-order valence-electron chi connectivity index (χ0n) is 13.3. The molecule has 0 unspecified atom stereocenters. The summed E-state index contributed by atoms with van der Waals surface area (Å²) in [6.45, 7) is 3.92. The highest BCUT2D eigenvalue weighted by Gasteiger charge is 2.17. The number of hydrogen-bond donors (Lipinski definition) is 3. The molecule has 1 aromatic heterocycles. The molecule has 3 N–H and O–H groups in total. The number of H-pyrrole nitrogens is 1. The van der Waals surface area contributed by atoms with Gasteiger partial charge in [-0.05, 0) is 43.7 Å². The van der Waals surface area contributed by atoms with Gasteiger partial charge < -0.3 is 5.32 Å². The van der Waals surface area contributed by atoms with Gasteiger partial charge in [-0.25, -0.2) is 9.87 Å². The smallest absolute Gasteiger partial charge is 0.276 e. The molecule has 0 bridgehead atoms. The lowest BCUT2D eigenvalue weighted by atomic mass is 10.1. The van der Waals surface area contributed by atoms with E-state index in [9.17, 15) is 9.18 Å². The van der Waals surface area contributed by atoms with Crippen molar-refractivity contribution in [3.63, 3.8) is 0 Å². The summed E-state index contributed by atoms with van der Waals surface area (Å²) in [4.78, 5) is 17.3. The SMILES string of the molecule is CCONC(=O)c1ccc2[nH]ncc2c1Nc1ccc(C)cc1F. The van der Waals surface area contributed by atoms with Crippen molar-refractivity contribution in [2.45, 2.75) is 13.8 Å². The number of hydrogen-bond acceptors (Lipinski definition) is 4. The first kappa shape index (κ1) is 15.9. The Morgan fingerprint density at radius 1 is 1.33 bits per heavy atom. The van der Waals surface area contributed by atoms with Crippen molar-refractivity contribution in [1.82, 2.24) is 15.7 Å². The fourth-order valence-electron chi connectivity index (χ4n) is 2.39. The molecule has 0 spiro atoms. The van der Waals surface area contributed by atoms with Crippen LogP contribution < -0.4 is 10.8 Å². The van der Waals surface area contributed by atoms with E-state index in [-0.39, 0.29) is 5.69 Å². The van der Waals surface area contributed by atoms with Gasteiger partial charge in [-0.2, -0.15) is 5.10 Å². The Labute approximate surface area is 138 Å². The first-order chi connectivity index (χ1) is 11.6. The second kappa shape index (κ2) is 6.67. The summed E-state index contributed by atoms with van der Waals surface area (Å²) in [6, 6.07) is 8.22. The fraction of sp³-hybridized carbons (Fsp3) is 0.176. The van der Waals surface area contributed by atoms with Gasteiger partial charge in [0.2, 0.25) is 0 Å². The standard InChI is InChI=1S/C17H17FN4O2/c1-3-24-22-17(23)11-5-7-14-12(9-19-21-14)16(11)20-15-6-4-10(2)8-13(15)18/h4-9,20H,3H2,1-2H3,(H,19,21)(H,22,23). The summed E-state index contributed by atoms with van der Waals surface area (Å²) in [7, 11) is 0. The summed E-state index contributed by atoms with van der Waals surface area (Å²) >= 11 is 0. The zero-order valence-corrected chi connectivity index (χ0v) is 13.3. The van der Waals surface area contributed by atoms with Crippen LogP contribution in [0.1, 0.15) is 22.8 Å². The Morgan fingerprint density at radius 3 is 2.92 bits per heavy atom. The highest BCUT2D eigenvalue weighted by Crippen LogP contribution is 2.30. The number of carbonyl (C=O) groups is 1. The highest BCUT2D eigenvalue weighted by molar-refractivity contribution is 6.08. The molecule has 0 aliphatic heterocycles. The number of hydroxylamine groups is 1. The third-order valence-corrected chi connectivity index (χ3v) is 3.56. The number of benzene rings is 2. The third kappa shape index (κ3) is 3.07. The average molecular weight is 328 g/mol. The molecule has 2 aromatic carbocycles. The molecule has 3 aromatic rings. The van der Waals surface area contributed by atoms with Crippen LogP contribution in [0, 0.1) is 12.7 Å². The molecule has 124 valence electrons. The number of nitrogens with one attached hydrogen (secondary N) is 3. The first-order valence-corrected chi connectivity index (χ1v) is 7.51. The van der Waals surface area contributed by atoms with E-state index in [0.29, 0.717) is 23.2 Å². The third-order valence-electron chi connectivity index (χ3n) is 3.56. The Bertz CT molecular complexity index is 891. The molecular formula is C17H17FN4O2. The van der Waals surface area contributed by atoms with Crippen LogP contribution in [-0.4, -0.2) is 22.7 Å². The largest absolute Gasteiger partial charge is 0.352 e. The van der Waals surface area contributed by atoms with Crippen molar-refractivity contribution in [2.75, 3.05) is 11.9 Å². The van der Waals surface area contributed by atoms with Crippen LogP contribution in [0.5, 0.6) is 0 Å². The van der Waals surface area contributed by atoms with Crippen LogP contribution in [0.2, 0.25) is 0 Å². The number of halogens is 1. The molecule has 3 rings (SSSR count). The lowest BCUT2D eigenvalue weighted by Gasteiger charge is -2.14. The Morgan fingerprint density at radius 2 is 2.17 bits per heavy atom. The van der Waals surface area contributed by atoms with Crippen molar-refractivity contribution in [3.05, 3.63) is 53.5 Å². The second-order valence-electron chi connectivity index (χ2n) is 5.29. The molecule has 0 atom stereocenters. The van der Waals surface area contributed by atoms with Crippen LogP contribution in [0.25, 0.3) is 10.9 Å². The lowest BCUT2D eigenvalue weighted by molar-refractivity contribution is 0.0365. The second-order valence-corrected chi connectivity index (χ2v) is 5.29. The predicted octanol–water partition coefficient (Wildman–Crippen LogP) is 3.44. The van der Waals surface area contributed by atoms with Crippen molar-refractivity contribution < 1.29 is 14.0 Å². The van der Waals surface area contributed by atoms with Crippen molar-refractivity contribution in [2.24, 2.45) is 0 Å². The molecule has 0 saturated heterocycles. The molecule has 6 nitrogen and oxygen atoms in total. The number of aryl methyl sites for hydroxylation is 1. The van der Waals surface area contributed by atoms with Gasteiger partial charge in [-0.1, -0.05) is 6.07 Å². The van der Waals surface area contributed by atoms with Crippen LogP contribution in [0.15, 0.2) is 36.5 Å². The minimum atomic E-state index is -0.421. The minimum absolute atomic E-state index is 0.278. The lowest BCUT2D eigenvalue weighted by Crippen LogP contribution is -2.24. The number of aromatic nitrogens is 2. The number of carbonyl (C=O) groups excluding carboxylic acids is 1. The number of fused-ring (bicyclic) bond motifs is 1. The quantitative estimate of drug-likeness (QED) is 0.627. The van der Waals surface area contributed by atoms with E-state index < -0.39 is 11.7 Å². The van der Waals surface area contributed by atoms with Gasteiger partial charge in [0.25, 0.3) is 5.91 Å². The summed E-state index contributed by atoms with van der Waals surface area (Å²) in [6.07, 6.45) is 1.58. The maximum Gasteiger partial charge on any atom is 0.276 e. The van der Waals surface area contributed by atoms with E-state index in [1.54, 1.807) is 37.4 Å². The van der Waals surface area contributed by atoms with Gasteiger partial charge in [0.05, 0.1) is 35.3 Å². The Kier molecular flexibility index (Phi) is 4.43. The molecule has 0 saturated carbocycles. The van der Waals surface area contributed by atoms with Crippen molar-refractivity contribution in [3.8, 4) is 0 Å². The van der Waals surface area contributed by atoms with Crippen molar-refractivity contribution >= 4 is 28.2 Å². The van der Waals surface area contributed by atoms with Gasteiger partial charge in [0.15, 0.2) is 0 Å². The summed E-state index contributed by atoms with van der Waals surface area (Å²) in [5.41, 5.74) is 4.97. The molecule has 0 fully saturated rings. The van der Waals surface area contributed by atoms with Crippen LogP contribution in [0.3, 0.4) is 0 Å². The average Bonchev–Trinajstić information content (AvgIpc) is 3.04. The van der Waals surface area contributed by atoms with Gasteiger partial charge >= 0.3 is 0 Å². The number of rotatable bonds is 5. The summed E-state index contributed by atoms with van der Waals surface area (Å²) < 4.78 is 14.2. The molecule has 1 heterocycles. The molecule has 1 amide bonds. The van der Waals surface area contributed by atoms with Gasteiger partial charge in [0, 0.05) is 5.39 Å². The van der Waals surface area contributed by atoms with E-state index in [0.717, 1.165) is 11.1 Å². The minimum Gasteiger partial charge on any atom is -0.352 e. The summed E-state index contributed by atoms with van der Waals surface area (Å²) in [5.74, 6) is -0.818. The highest BCUT2D eigenvalue weighted by atomic mass is 19.1. The topological polar surface area (TPSA) is 79.0 Å². The Balaban J connectivity index is 2.06. The maximum atomic E-state index is 14.2. The molecular weight excluding hydrogens is 311 g/mol. The molecule has 0 aliphatic carbocycles. The van der Waals surface area contributed by atoms with E-state index in [2.05, 4.69) is 21.0 Å². The first-order valence-electron chi connectivity index (χ1n) is 7.51. The van der Waals surface area contributed by atoms with Crippen molar-refractivity contribution in [1.29, 1.82) is 0 Å². The maximum absolute atomic E-state index is 14.2. The molecule has 7 heteroatoms. The monoisotopic (exact) mass is 328 g/mol. The molecule has 0 aliphatic rings. The van der Waals surface area contributed by atoms with E-state index in [1.165, 1.54) is 6.07 Å². The van der Waals surface area contributed by atoms with Gasteiger partial charge in [0.1, 0.15) is 5.82 Å². The fourth-order valence-corrected chi connectivity index (χ4v) is 2.39. The molecule has 24 heavy (non-hydrogen) atoms. The number of amides is 1. The van der Waals surface area contributed by atoms with E-state index >= 15 is 0 Å². The van der Waals surface area contributed by atoms with Gasteiger partial charge in [-0.3, -0.25) is 14.7 Å². The van der Waals surface area contributed by atoms with Gasteiger partial charge in [-0.15, -0.1) is 0 Å².